The molecule has 0 unspecified atom stereocenters. The van der Waals surface area contributed by atoms with Crippen molar-refractivity contribution in [3.05, 3.63) is 17.7 Å². The number of hydrogen-bond acceptors (Lipinski definition) is 5. The van der Waals surface area contributed by atoms with Crippen LogP contribution in [0, 0.1) is 0 Å². The fraction of sp³-hybridized carbons (Fsp3) is 0.538. The molecule has 4 N–H and O–H groups in total. The van der Waals surface area contributed by atoms with Crippen LogP contribution in [0.15, 0.2) is 12.1 Å². The molecule has 0 spiro atoms. The van der Waals surface area contributed by atoms with E-state index in [2.05, 4.69) is 5.32 Å². The van der Waals surface area contributed by atoms with Crippen molar-refractivity contribution in [1.29, 1.82) is 0 Å². The third kappa shape index (κ3) is 5.80. The molecule has 1 aliphatic rings. The molecule has 0 bridgehead atoms. The molecule has 10 heteroatoms. The summed E-state index contributed by atoms with van der Waals surface area (Å²) in [5.41, 5.74) is -0.202. The maximum absolute atomic E-state index is 12.8. The van der Waals surface area contributed by atoms with Crippen LogP contribution < -0.4 is 5.32 Å². The monoisotopic (exact) mass is 378 g/mol. The summed E-state index contributed by atoms with van der Waals surface area (Å²) in [6.45, 7) is 1.82. The van der Waals surface area contributed by atoms with Gasteiger partial charge < -0.3 is 20.6 Å². The van der Waals surface area contributed by atoms with E-state index >= 15 is 0 Å². The van der Waals surface area contributed by atoms with Crippen LogP contribution in [0.25, 0.3) is 0 Å². The van der Waals surface area contributed by atoms with Crippen molar-refractivity contribution in [2.45, 2.75) is 18.6 Å². The molecule has 0 aliphatic carbocycles. The molecule has 5 nitrogen and oxygen atoms in total. The lowest BCUT2D eigenvalue weighted by Gasteiger charge is -2.36. The highest BCUT2D eigenvalue weighted by molar-refractivity contribution is 5.85. The van der Waals surface area contributed by atoms with E-state index in [0.717, 1.165) is 12.1 Å². The highest BCUT2D eigenvalue weighted by Crippen LogP contribution is 2.43. The van der Waals surface area contributed by atoms with E-state index < -0.39 is 35.9 Å². The van der Waals surface area contributed by atoms with Gasteiger partial charge in [-0.3, -0.25) is 4.90 Å². The second-order valence-electron chi connectivity index (χ2n) is 5.02. The van der Waals surface area contributed by atoms with E-state index in [0.29, 0.717) is 26.2 Å². The Labute approximate surface area is 143 Å². The van der Waals surface area contributed by atoms with E-state index in [1.54, 1.807) is 4.90 Å². The van der Waals surface area contributed by atoms with Gasteiger partial charge in [0.05, 0.1) is 18.0 Å². The molecule has 1 aromatic carbocycles. The van der Waals surface area contributed by atoms with Crippen molar-refractivity contribution >= 4 is 24.8 Å². The average molecular weight is 379 g/mol. The van der Waals surface area contributed by atoms with Crippen molar-refractivity contribution in [3.63, 3.8) is 0 Å². The highest BCUT2D eigenvalue weighted by atomic mass is 35.5. The molecule has 0 saturated carbocycles. The number of phenolic OH excluding ortho intramolecular Hbond substituents is 3. The summed E-state index contributed by atoms with van der Waals surface area (Å²) >= 11 is 0. The molecule has 0 amide bonds. The van der Waals surface area contributed by atoms with Crippen LogP contribution in [-0.2, 0) is 0 Å². The predicted molar refractivity (Wildman–Crippen MR) is 83.8 cm³/mol. The largest absolute Gasteiger partial charge is 0.508 e. The van der Waals surface area contributed by atoms with Gasteiger partial charge in [-0.1, -0.05) is 0 Å². The van der Waals surface area contributed by atoms with Gasteiger partial charge in [-0.25, -0.2) is 0 Å². The summed E-state index contributed by atoms with van der Waals surface area (Å²) in [4.78, 5) is 1.57. The fourth-order valence-corrected chi connectivity index (χ4v) is 2.58. The summed E-state index contributed by atoms with van der Waals surface area (Å²) in [6, 6.07) is 0.675. The average Bonchev–Trinajstić information content (AvgIpc) is 2.36. The number of nitrogens with one attached hydrogen (secondary N) is 1. The standard InChI is InChI=1S/C13H17F3N2O3.2ClH/c14-13(15,16)7-9(18-3-1-17-2-4-18)12-10(20)5-8(19)6-11(12)21;;/h5-6,9,17,19-21H,1-4,7H2;2*1H/t9-;;/m1../s1. The van der Waals surface area contributed by atoms with Crippen LogP contribution in [0.5, 0.6) is 17.2 Å². The van der Waals surface area contributed by atoms with Crippen LogP contribution >= 0.6 is 24.8 Å². The molecule has 1 fully saturated rings. The van der Waals surface area contributed by atoms with Crippen molar-refractivity contribution in [2.24, 2.45) is 0 Å². The molecule has 23 heavy (non-hydrogen) atoms. The first kappa shape index (κ1) is 21.9. The topological polar surface area (TPSA) is 76.0 Å². The molecule has 1 aliphatic heterocycles. The maximum atomic E-state index is 12.8. The molecule has 2 rings (SSSR count). The summed E-state index contributed by atoms with van der Waals surface area (Å²) < 4.78 is 38.5. The van der Waals surface area contributed by atoms with Crippen molar-refractivity contribution in [3.8, 4) is 17.2 Å². The van der Waals surface area contributed by atoms with Gasteiger partial charge in [0.15, 0.2) is 0 Å². The van der Waals surface area contributed by atoms with E-state index in [4.69, 9.17) is 0 Å². The van der Waals surface area contributed by atoms with Gasteiger partial charge in [0.2, 0.25) is 0 Å². The number of phenols is 3. The Bertz CT molecular complexity index is 489. The Hall–Kier alpha value is -1.09. The van der Waals surface area contributed by atoms with Gasteiger partial charge in [-0.2, -0.15) is 13.2 Å². The van der Waals surface area contributed by atoms with Crippen LogP contribution in [0.4, 0.5) is 13.2 Å². The van der Waals surface area contributed by atoms with Gasteiger partial charge in [0.1, 0.15) is 17.2 Å². The summed E-state index contributed by atoms with van der Waals surface area (Å²) in [6.07, 6.45) is -5.62. The Morgan fingerprint density at radius 1 is 1.04 bits per heavy atom. The maximum Gasteiger partial charge on any atom is 0.390 e. The smallest absolute Gasteiger partial charge is 0.390 e. The van der Waals surface area contributed by atoms with Gasteiger partial charge in [0, 0.05) is 38.3 Å². The highest BCUT2D eigenvalue weighted by Gasteiger charge is 2.38. The quantitative estimate of drug-likeness (QED) is 0.650. The lowest BCUT2D eigenvalue weighted by atomic mass is 9.98. The SMILES string of the molecule is Cl.Cl.Oc1cc(O)c([C@@H](CC(F)(F)F)N2CCNCC2)c(O)c1. The van der Waals surface area contributed by atoms with E-state index in [1.165, 1.54) is 0 Å². The van der Waals surface area contributed by atoms with Crippen LogP contribution in [-0.4, -0.2) is 52.6 Å². The van der Waals surface area contributed by atoms with Gasteiger partial charge >= 0.3 is 6.18 Å². The molecule has 134 valence electrons. The number of benzene rings is 1. The summed E-state index contributed by atoms with van der Waals surface area (Å²) in [5.74, 6) is -1.49. The van der Waals surface area contributed by atoms with E-state index in [9.17, 15) is 28.5 Å². The van der Waals surface area contributed by atoms with E-state index in [1.807, 2.05) is 0 Å². The zero-order valence-electron chi connectivity index (χ0n) is 12.0. The minimum atomic E-state index is -4.44. The zero-order chi connectivity index (χ0) is 15.6. The number of hydrogen-bond donors (Lipinski definition) is 4. The Balaban J connectivity index is 0.00000242. The lowest BCUT2D eigenvalue weighted by molar-refractivity contribution is -0.148. The van der Waals surface area contributed by atoms with Crippen LogP contribution in [0.1, 0.15) is 18.0 Å². The molecule has 1 heterocycles. The lowest BCUT2D eigenvalue weighted by Crippen LogP contribution is -2.46. The van der Waals surface area contributed by atoms with Crippen LogP contribution in [0.3, 0.4) is 0 Å². The van der Waals surface area contributed by atoms with Gasteiger partial charge in [-0.05, 0) is 0 Å². The third-order valence-corrected chi connectivity index (χ3v) is 3.47. The molecular weight excluding hydrogens is 360 g/mol. The van der Waals surface area contributed by atoms with E-state index in [-0.39, 0.29) is 30.4 Å². The number of nitrogens with zero attached hydrogens (tertiary/aromatic N) is 1. The Morgan fingerprint density at radius 2 is 1.52 bits per heavy atom. The number of piperazine rings is 1. The minimum Gasteiger partial charge on any atom is -0.508 e. The zero-order valence-corrected chi connectivity index (χ0v) is 13.6. The minimum absolute atomic E-state index is 0. The van der Waals surface area contributed by atoms with Crippen LogP contribution in [0.2, 0.25) is 0 Å². The van der Waals surface area contributed by atoms with Crippen molar-refractivity contribution < 1.29 is 28.5 Å². The number of halogens is 5. The molecule has 1 aromatic rings. The Kier molecular flexibility index (Phi) is 8.26. The van der Waals surface area contributed by atoms with Crippen molar-refractivity contribution in [1.82, 2.24) is 10.2 Å². The number of aromatic hydroxyl groups is 3. The molecule has 0 radical (unpaired) electrons. The first-order chi connectivity index (χ1) is 9.78. The number of alkyl halides is 3. The van der Waals surface area contributed by atoms with Gasteiger partial charge in [-0.15, -0.1) is 24.8 Å². The molecule has 1 atom stereocenters. The summed E-state index contributed by atoms with van der Waals surface area (Å²) in [5, 5.41) is 32.0. The molecular formula is C13H19Cl2F3N2O3. The first-order valence-corrected chi connectivity index (χ1v) is 6.54. The second kappa shape index (κ2) is 8.68. The first-order valence-electron chi connectivity index (χ1n) is 6.54. The Morgan fingerprint density at radius 3 is 1.96 bits per heavy atom. The second-order valence-corrected chi connectivity index (χ2v) is 5.02. The molecule has 0 aromatic heterocycles. The molecule has 1 saturated heterocycles. The summed E-state index contributed by atoms with van der Waals surface area (Å²) in [7, 11) is 0. The number of rotatable bonds is 3. The third-order valence-electron chi connectivity index (χ3n) is 3.47. The predicted octanol–water partition coefficient (Wildman–Crippen LogP) is 2.55. The van der Waals surface area contributed by atoms with Gasteiger partial charge in [0.25, 0.3) is 0 Å². The normalized spacial score (nSPS) is 17.0. The van der Waals surface area contributed by atoms with Crippen molar-refractivity contribution in [2.75, 3.05) is 26.2 Å². The fourth-order valence-electron chi connectivity index (χ4n) is 2.58.